The quantitative estimate of drug-likeness (QED) is 0.500. The number of hydrogen-bond acceptors (Lipinski definition) is 1. The zero-order chi connectivity index (χ0) is 14.8. The Labute approximate surface area is 114 Å². The number of rotatable bonds is 4. The molecule has 1 rings (SSSR count). The van der Waals surface area contributed by atoms with Crippen molar-refractivity contribution in [1.82, 2.24) is 0 Å². The van der Waals surface area contributed by atoms with Crippen LogP contribution in [0.4, 0.5) is 0 Å². The molecule has 0 saturated carbocycles. The van der Waals surface area contributed by atoms with Crippen molar-refractivity contribution in [3.05, 3.63) is 48.6 Å². The highest BCUT2D eigenvalue weighted by Gasteiger charge is 2.06. The highest BCUT2D eigenvalue weighted by molar-refractivity contribution is 5.62. The molecule has 0 heterocycles. The molecule has 104 valence electrons. The Morgan fingerprint density at radius 1 is 1.00 bits per heavy atom. The molecule has 0 amide bonds. The van der Waals surface area contributed by atoms with Crippen molar-refractivity contribution in [2.75, 3.05) is 0 Å². The first kappa shape index (κ1) is 21.9. The van der Waals surface area contributed by atoms with Crippen molar-refractivity contribution in [2.24, 2.45) is 0 Å². The summed E-state index contributed by atoms with van der Waals surface area (Å²) in [4.78, 5) is 10.6. The van der Waals surface area contributed by atoms with Crippen molar-refractivity contribution in [1.29, 1.82) is 0 Å². The average Bonchev–Trinajstić information content (AvgIpc) is 2.52. The minimum absolute atomic E-state index is 0.0244. The summed E-state index contributed by atoms with van der Waals surface area (Å²) in [6.07, 6.45) is 3.45. The van der Waals surface area contributed by atoms with Crippen LogP contribution in [-0.4, -0.2) is 6.29 Å². The summed E-state index contributed by atoms with van der Waals surface area (Å²) in [6.45, 7) is 15.6. The first-order chi connectivity index (χ1) is 8.88. The van der Waals surface area contributed by atoms with Gasteiger partial charge in [-0.1, -0.05) is 78.0 Å². The molecule has 0 radical (unpaired) electrons. The third kappa shape index (κ3) is 11.1. The zero-order valence-corrected chi connectivity index (χ0v) is 12.9. The highest BCUT2D eigenvalue weighted by Crippen LogP contribution is 2.16. The molecule has 1 nitrogen and oxygen atoms in total. The molecule has 0 fully saturated rings. The van der Waals surface area contributed by atoms with Gasteiger partial charge in [-0.25, -0.2) is 0 Å². The van der Waals surface area contributed by atoms with Gasteiger partial charge in [0.25, 0.3) is 0 Å². The van der Waals surface area contributed by atoms with E-state index in [0.717, 1.165) is 11.8 Å². The summed E-state index contributed by atoms with van der Waals surface area (Å²) in [5.74, 6) is -0.0244. The molecular formula is C17H30O. The van der Waals surface area contributed by atoms with E-state index in [4.69, 9.17) is 0 Å². The zero-order valence-electron chi connectivity index (χ0n) is 12.9. The number of hydrogen-bond donors (Lipinski definition) is 0. The topological polar surface area (TPSA) is 17.1 Å². The summed E-state index contributed by atoms with van der Waals surface area (Å²) in [5, 5.41) is 0. The van der Waals surface area contributed by atoms with Crippen LogP contribution >= 0.6 is 0 Å². The van der Waals surface area contributed by atoms with Gasteiger partial charge in [-0.05, 0) is 12.0 Å². The Bertz CT molecular complexity index is 252. The minimum atomic E-state index is -0.0244. The second-order valence-corrected chi connectivity index (χ2v) is 2.68. The molecule has 0 aliphatic rings. The summed E-state index contributed by atoms with van der Waals surface area (Å²) in [7, 11) is 0. The molecule has 0 spiro atoms. The summed E-state index contributed by atoms with van der Waals surface area (Å²) in [5.41, 5.74) is 1.06. The number of benzene rings is 1. The maximum absolute atomic E-state index is 10.6. The largest absolute Gasteiger partial charge is 0.303 e. The molecule has 1 aromatic rings. The monoisotopic (exact) mass is 250 g/mol. The van der Waals surface area contributed by atoms with Gasteiger partial charge in [0.1, 0.15) is 6.29 Å². The van der Waals surface area contributed by atoms with E-state index in [9.17, 15) is 4.79 Å². The lowest BCUT2D eigenvalue weighted by Gasteiger charge is -2.06. The standard InChI is InChI=1S/C11H12O.3C2H6/c1-2-6-11(9-12)10-7-4-3-5-8-10;3*1-2/h2-5,7-9,11H,1,6H2;3*1-2H3. The van der Waals surface area contributed by atoms with Crippen LogP contribution in [0.2, 0.25) is 0 Å². The molecule has 1 heteroatoms. The van der Waals surface area contributed by atoms with Crippen LogP contribution in [0.15, 0.2) is 43.0 Å². The van der Waals surface area contributed by atoms with E-state index in [2.05, 4.69) is 6.58 Å². The predicted octanol–water partition coefficient (Wildman–Crippen LogP) is 5.62. The van der Waals surface area contributed by atoms with Crippen molar-refractivity contribution in [2.45, 2.75) is 53.9 Å². The SMILES string of the molecule is C=CCC(C=O)c1ccccc1.CC.CC.CC. The van der Waals surface area contributed by atoms with E-state index in [1.54, 1.807) is 6.08 Å². The van der Waals surface area contributed by atoms with Crippen LogP contribution in [0.3, 0.4) is 0 Å². The van der Waals surface area contributed by atoms with E-state index < -0.39 is 0 Å². The van der Waals surface area contributed by atoms with Crippen molar-refractivity contribution in [3.8, 4) is 0 Å². The lowest BCUT2D eigenvalue weighted by atomic mass is 9.98. The van der Waals surface area contributed by atoms with Gasteiger partial charge in [0.15, 0.2) is 0 Å². The van der Waals surface area contributed by atoms with Gasteiger partial charge in [0, 0.05) is 5.92 Å². The predicted molar refractivity (Wildman–Crippen MR) is 84.1 cm³/mol. The fraction of sp³-hybridized carbons (Fsp3) is 0.471. The molecule has 1 aromatic carbocycles. The Kier molecular flexibility index (Phi) is 25.5. The fourth-order valence-corrected chi connectivity index (χ4v) is 1.15. The number of aldehydes is 1. The molecular weight excluding hydrogens is 220 g/mol. The van der Waals surface area contributed by atoms with E-state index >= 15 is 0 Å². The molecule has 0 saturated heterocycles. The smallest absolute Gasteiger partial charge is 0.127 e. The first-order valence-corrected chi connectivity index (χ1v) is 6.99. The normalized spacial score (nSPS) is 9.00. The van der Waals surface area contributed by atoms with E-state index in [0.29, 0.717) is 6.42 Å². The maximum atomic E-state index is 10.6. The number of carbonyl (C=O) groups is 1. The van der Waals surface area contributed by atoms with Crippen LogP contribution in [0.25, 0.3) is 0 Å². The maximum Gasteiger partial charge on any atom is 0.127 e. The van der Waals surface area contributed by atoms with E-state index in [-0.39, 0.29) is 5.92 Å². The third-order valence-electron chi connectivity index (χ3n) is 1.81. The molecule has 0 aromatic heterocycles. The van der Waals surface area contributed by atoms with Gasteiger partial charge in [-0.2, -0.15) is 0 Å². The van der Waals surface area contributed by atoms with E-state index in [1.165, 1.54) is 0 Å². The molecule has 0 aliphatic carbocycles. The van der Waals surface area contributed by atoms with Crippen LogP contribution in [0.5, 0.6) is 0 Å². The Balaban J connectivity index is -0.000000328. The van der Waals surface area contributed by atoms with E-state index in [1.807, 2.05) is 71.9 Å². The third-order valence-corrected chi connectivity index (χ3v) is 1.81. The first-order valence-electron chi connectivity index (χ1n) is 6.99. The Hall–Kier alpha value is -1.37. The van der Waals surface area contributed by atoms with Crippen LogP contribution in [0, 0.1) is 0 Å². The average molecular weight is 250 g/mol. The van der Waals surface area contributed by atoms with Gasteiger partial charge < -0.3 is 4.79 Å². The second-order valence-electron chi connectivity index (χ2n) is 2.68. The van der Waals surface area contributed by atoms with Crippen LogP contribution in [0.1, 0.15) is 59.4 Å². The van der Waals surface area contributed by atoms with Gasteiger partial charge in [-0.15, -0.1) is 6.58 Å². The fourth-order valence-electron chi connectivity index (χ4n) is 1.15. The van der Waals surface area contributed by atoms with Crippen LogP contribution < -0.4 is 0 Å². The Morgan fingerprint density at radius 2 is 1.44 bits per heavy atom. The van der Waals surface area contributed by atoms with Gasteiger partial charge in [0.2, 0.25) is 0 Å². The lowest BCUT2D eigenvalue weighted by Crippen LogP contribution is -1.97. The van der Waals surface area contributed by atoms with Crippen molar-refractivity contribution in [3.63, 3.8) is 0 Å². The lowest BCUT2D eigenvalue weighted by molar-refractivity contribution is -0.109. The summed E-state index contributed by atoms with van der Waals surface area (Å²) < 4.78 is 0. The second kappa shape index (κ2) is 21.0. The van der Waals surface area contributed by atoms with Gasteiger partial charge in [-0.3, -0.25) is 0 Å². The van der Waals surface area contributed by atoms with Crippen molar-refractivity contribution >= 4 is 6.29 Å². The molecule has 0 bridgehead atoms. The molecule has 18 heavy (non-hydrogen) atoms. The molecule has 1 atom stereocenters. The summed E-state index contributed by atoms with van der Waals surface area (Å²) in [6, 6.07) is 9.74. The molecule has 0 aliphatic heterocycles. The van der Waals surface area contributed by atoms with Crippen molar-refractivity contribution < 1.29 is 4.79 Å². The summed E-state index contributed by atoms with van der Waals surface area (Å²) >= 11 is 0. The molecule has 0 N–H and O–H groups in total. The minimum Gasteiger partial charge on any atom is -0.303 e. The Morgan fingerprint density at radius 3 is 1.78 bits per heavy atom. The van der Waals surface area contributed by atoms with Crippen LogP contribution in [-0.2, 0) is 4.79 Å². The number of carbonyl (C=O) groups excluding carboxylic acids is 1. The number of allylic oxidation sites excluding steroid dienone is 1. The molecule has 1 unspecified atom stereocenters. The van der Waals surface area contributed by atoms with Gasteiger partial charge in [0.05, 0.1) is 0 Å². The highest BCUT2D eigenvalue weighted by atomic mass is 16.1. The van der Waals surface area contributed by atoms with Gasteiger partial charge >= 0.3 is 0 Å².